The van der Waals surface area contributed by atoms with Gasteiger partial charge in [0.25, 0.3) is 0 Å². The van der Waals surface area contributed by atoms with Gasteiger partial charge < -0.3 is 10.1 Å². The van der Waals surface area contributed by atoms with Crippen LogP contribution in [-0.4, -0.2) is 40.1 Å². The maximum absolute atomic E-state index is 12.5. The Balaban J connectivity index is 0.00000242. The Kier molecular flexibility index (Phi) is 6.80. The minimum atomic E-state index is -3.75. The highest BCUT2D eigenvalue weighted by molar-refractivity contribution is 7.89. The molecule has 1 aromatic rings. The fraction of sp³-hybridized carbons (Fsp3) is 0.500. The van der Waals surface area contributed by atoms with Crippen LogP contribution in [-0.2, 0) is 14.8 Å². The zero-order valence-corrected chi connectivity index (χ0v) is 14.2. The molecule has 0 spiro atoms. The Morgan fingerprint density at radius 1 is 1.36 bits per heavy atom. The van der Waals surface area contributed by atoms with E-state index in [0.29, 0.717) is 0 Å². The Labute approximate surface area is 137 Å². The predicted octanol–water partition coefficient (Wildman–Crippen LogP) is 1.31. The average Bonchev–Trinajstić information content (AvgIpc) is 2.46. The molecule has 0 aliphatic carbocycles. The van der Waals surface area contributed by atoms with E-state index in [0.717, 1.165) is 19.4 Å². The van der Waals surface area contributed by atoms with Gasteiger partial charge in [-0.25, -0.2) is 17.9 Å². The van der Waals surface area contributed by atoms with Crippen molar-refractivity contribution in [3.05, 3.63) is 29.8 Å². The fourth-order valence-electron chi connectivity index (χ4n) is 2.50. The highest BCUT2D eigenvalue weighted by atomic mass is 35.5. The third kappa shape index (κ3) is 4.42. The van der Waals surface area contributed by atoms with Gasteiger partial charge in [-0.3, -0.25) is 0 Å². The molecular formula is C14H21ClN2O4S. The van der Waals surface area contributed by atoms with E-state index in [1.54, 1.807) is 12.1 Å². The van der Waals surface area contributed by atoms with E-state index in [9.17, 15) is 13.2 Å². The Morgan fingerprint density at radius 2 is 2.05 bits per heavy atom. The molecule has 0 radical (unpaired) electrons. The number of carbonyl (C=O) groups is 1. The van der Waals surface area contributed by atoms with Gasteiger partial charge in [-0.1, -0.05) is 12.1 Å². The molecule has 6 nitrogen and oxygen atoms in total. The number of piperidine rings is 1. The summed E-state index contributed by atoms with van der Waals surface area (Å²) in [7, 11) is -2.52. The van der Waals surface area contributed by atoms with Gasteiger partial charge in [0.15, 0.2) is 0 Å². The molecule has 0 aromatic heterocycles. The lowest BCUT2D eigenvalue weighted by molar-refractivity contribution is 0.0596. The molecule has 0 saturated carbocycles. The maximum atomic E-state index is 12.5. The van der Waals surface area contributed by atoms with Crippen LogP contribution in [0.1, 0.15) is 30.1 Å². The molecular weight excluding hydrogens is 328 g/mol. The minimum Gasteiger partial charge on any atom is -0.465 e. The van der Waals surface area contributed by atoms with E-state index in [4.69, 9.17) is 0 Å². The number of nitrogens with one attached hydrogen (secondary N) is 2. The quantitative estimate of drug-likeness (QED) is 0.801. The second-order valence-corrected chi connectivity index (χ2v) is 6.87. The van der Waals surface area contributed by atoms with Crippen molar-refractivity contribution in [2.45, 2.75) is 36.7 Å². The SMILES string of the molecule is COC(=O)c1ccccc1S(=O)(=O)NC1CCNC(C)C1.Cl. The summed E-state index contributed by atoms with van der Waals surface area (Å²) in [6.07, 6.45) is 1.45. The lowest BCUT2D eigenvalue weighted by Crippen LogP contribution is -2.46. The molecule has 8 heteroatoms. The van der Waals surface area contributed by atoms with Crippen LogP contribution < -0.4 is 10.0 Å². The van der Waals surface area contributed by atoms with Crippen LogP contribution in [0, 0.1) is 0 Å². The van der Waals surface area contributed by atoms with Crippen LogP contribution in [0.3, 0.4) is 0 Å². The van der Waals surface area contributed by atoms with Crippen LogP contribution in [0.4, 0.5) is 0 Å². The van der Waals surface area contributed by atoms with Gasteiger partial charge in [0.1, 0.15) is 0 Å². The third-order valence-corrected chi connectivity index (χ3v) is 5.11. The van der Waals surface area contributed by atoms with Crippen molar-refractivity contribution in [3.8, 4) is 0 Å². The lowest BCUT2D eigenvalue weighted by Gasteiger charge is -2.28. The van der Waals surface area contributed by atoms with Crippen molar-refractivity contribution in [1.82, 2.24) is 10.0 Å². The number of carbonyl (C=O) groups excluding carboxylic acids is 1. The Bertz CT molecular complexity index is 621. The van der Waals surface area contributed by atoms with Crippen molar-refractivity contribution in [2.75, 3.05) is 13.7 Å². The van der Waals surface area contributed by atoms with Crippen molar-refractivity contribution in [2.24, 2.45) is 0 Å². The summed E-state index contributed by atoms with van der Waals surface area (Å²) < 4.78 is 32.3. The van der Waals surface area contributed by atoms with Gasteiger partial charge in [0, 0.05) is 12.1 Å². The number of rotatable bonds is 4. The van der Waals surface area contributed by atoms with Gasteiger partial charge in [-0.15, -0.1) is 12.4 Å². The molecule has 2 unspecified atom stereocenters. The number of benzene rings is 1. The summed E-state index contributed by atoms with van der Waals surface area (Å²) >= 11 is 0. The van der Waals surface area contributed by atoms with Crippen LogP contribution in [0.25, 0.3) is 0 Å². The molecule has 22 heavy (non-hydrogen) atoms. The molecule has 2 atom stereocenters. The number of halogens is 1. The molecule has 0 bridgehead atoms. The summed E-state index contributed by atoms with van der Waals surface area (Å²) in [5.41, 5.74) is 0.0504. The van der Waals surface area contributed by atoms with Crippen LogP contribution >= 0.6 is 12.4 Å². The molecule has 1 aliphatic heterocycles. The number of methoxy groups -OCH3 is 1. The second-order valence-electron chi connectivity index (χ2n) is 5.19. The van der Waals surface area contributed by atoms with E-state index < -0.39 is 16.0 Å². The lowest BCUT2D eigenvalue weighted by atomic mass is 10.0. The summed E-state index contributed by atoms with van der Waals surface area (Å²) in [5.74, 6) is -0.658. The van der Waals surface area contributed by atoms with Gasteiger partial charge in [-0.05, 0) is 38.4 Å². The number of hydrogen-bond donors (Lipinski definition) is 2. The fourth-order valence-corrected chi connectivity index (χ4v) is 3.98. The molecule has 124 valence electrons. The molecule has 1 aromatic carbocycles. The Hall–Kier alpha value is -1.15. The third-order valence-electron chi connectivity index (χ3n) is 3.53. The highest BCUT2D eigenvalue weighted by Gasteiger charge is 2.27. The first-order valence-electron chi connectivity index (χ1n) is 6.87. The van der Waals surface area contributed by atoms with E-state index in [-0.39, 0.29) is 34.9 Å². The molecule has 1 aliphatic rings. The van der Waals surface area contributed by atoms with Gasteiger partial charge in [0.2, 0.25) is 10.0 Å². The van der Waals surface area contributed by atoms with Crippen molar-refractivity contribution in [3.63, 3.8) is 0 Å². The molecule has 2 rings (SSSR count). The maximum Gasteiger partial charge on any atom is 0.339 e. The topological polar surface area (TPSA) is 84.5 Å². The second kappa shape index (κ2) is 7.92. The molecule has 1 saturated heterocycles. The Morgan fingerprint density at radius 3 is 2.68 bits per heavy atom. The zero-order valence-electron chi connectivity index (χ0n) is 12.5. The van der Waals surface area contributed by atoms with Crippen molar-refractivity contribution in [1.29, 1.82) is 0 Å². The van der Waals surface area contributed by atoms with E-state index in [1.165, 1.54) is 19.2 Å². The van der Waals surface area contributed by atoms with Crippen LogP contribution in [0.2, 0.25) is 0 Å². The molecule has 1 fully saturated rings. The van der Waals surface area contributed by atoms with Crippen molar-refractivity contribution < 1.29 is 17.9 Å². The van der Waals surface area contributed by atoms with Gasteiger partial charge in [0.05, 0.1) is 17.6 Å². The molecule has 2 N–H and O–H groups in total. The largest absolute Gasteiger partial charge is 0.465 e. The minimum absolute atomic E-state index is 0. The summed E-state index contributed by atoms with van der Waals surface area (Å²) in [6, 6.07) is 6.20. The van der Waals surface area contributed by atoms with Crippen LogP contribution in [0.5, 0.6) is 0 Å². The summed E-state index contributed by atoms with van der Waals surface area (Å²) in [5, 5.41) is 3.27. The summed E-state index contributed by atoms with van der Waals surface area (Å²) in [4.78, 5) is 11.7. The zero-order chi connectivity index (χ0) is 15.5. The first-order valence-corrected chi connectivity index (χ1v) is 8.35. The van der Waals surface area contributed by atoms with E-state index in [1.807, 2.05) is 6.92 Å². The van der Waals surface area contributed by atoms with Crippen molar-refractivity contribution >= 4 is 28.4 Å². The smallest absolute Gasteiger partial charge is 0.339 e. The molecule has 0 amide bonds. The normalized spacial score (nSPS) is 21.7. The highest BCUT2D eigenvalue weighted by Crippen LogP contribution is 2.18. The summed E-state index contributed by atoms with van der Waals surface area (Å²) in [6.45, 7) is 2.79. The monoisotopic (exact) mass is 348 g/mol. The van der Waals surface area contributed by atoms with Gasteiger partial charge >= 0.3 is 5.97 Å². The number of hydrogen-bond acceptors (Lipinski definition) is 5. The number of ether oxygens (including phenoxy) is 1. The average molecular weight is 349 g/mol. The van der Waals surface area contributed by atoms with E-state index in [2.05, 4.69) is 14.8 Å². The number of sulfonamides is 1. The van der Waals surface area contributed by atoms with Gasteiger partial charge in [-0.2, -0.15) is 0 Å². The van der Waals surface area contributed by atoms with E-state index >= 15 is 0 Å². The predicted molar refractivity (Wildman–Crippen MR) is 85.8 cm³/mol. The standard InChI is InChI=1S/C14H20N2O4S.ClH/c1-10-9-11(7-8-15-10)16-21(18,19)13-6-4-3-5-12(13)14(17)20-2;/h3-6,10-11,15-16H,7-9H2,1-2H3;1H. The number of esters is 1. The van der Waals surface area contributed by atoms with Crippen LogP contribution in [0.15, 0.2) is 29.2 Å². The first kappa shape index (κ1) is 18.9. The molecule has 1 heterocycles. The first-order chi connectivity index (χ1) is 9.94.